The van der Waals surface area contributed by atoms with Crippen molar-refractivity contribution in [2.24, 2.45) is 0 Å². The van der Waals surface area contributed by atoms with Crippen LogP contribution in [0, 0.1) is 12.7 Å². The first-order chi connectivity index (χ1) is 9.63. The molecule has 2 heteroatoms. The zero-order valence-electron chi connectivity index (χ0n) is 12.0. The van der Waals surface area contributed by atoms with Crippen LogP contribution in [-0.4, -0.2) is 0 Å². The molecular formula is C18H20FN. The van der Waals surface area contributed by atoms with Crippen LogP contribution in [0.25, 0.3) is 0 Å². The minimum Gasteiger partial charge on any atom is -0.303 e. The molecular weight excluding hydrogens is 249 g/mol. The van der Waals surface area contributed by atoms with Crippen molar-refractivity contribution in [1.82, 2.24) is 5.32 Å². The van der Waals surface area contributed by atoms with Crippen molar-refractivity contribution >= 4 is 0 Å². The smallest absolute Gasteiger partial charge is 0.123 e. The average Bonchev–Trinajstić information content (AvgIpc) is 2.81. The number of hydrogen-bond donors (Lipinski definition) is 1. The van der Waals surface area contributed by atoms with E-state index in [1.807, 2.05) is 6.07 Å². The second-order valence-corrected chi connectivity index (χ2v) is 5.74. The van der Waals surface area contributed by atoms with Crippen LogP contribution in [-0.2, 0) is 6.42 Å². The highest BCUT2D eigenvalue weighted by atomic mass is 19.1. The van der Waals surface area contributed by atoms with E-state index in [9.17, 15) is 4.39 Å². The maximum Gasteiger partial charge on any atom is 0.123 e. The highest BCUT2D eigenvalue weighted by molar-refractivity contribution is 5.38. The molecule has 0 amide bonds. The maximum absolute atomic E-state index is 13.3. The Morgan fingerprint density at radius 1 is 1.20 bits per heavy atom. The predicted molar refractivity (Wildman–Crippen MR) is 80.2 cm³/mol. The van der Waals surface area contributed by atoms with Crippen LogP contribution in [0.1, 0.15) is 47.7 Å². The zero-order chi connectivity index (χ0) is 14.1. The minimum absolute atomic E-state index is 0.155. The molecule has 2 unspecified atom stereocenters. The van der Waals surface area contributed by atoms with Gasteiger partial charge in [0, 0.05) is 12.1 Å². The van der Waals surface area contributed by atoms with Crippen molar-refractivity contribution in [2.45, 2.75) is 38.8 Å². The Morgan fingerprint density at radius 3 is 2.85 bits per heavy atom. The predicted octanol–water partition coefficient (Wildman–Crippen LogP) is 4.47. The molecule has 1 aliphatic carbocycles. The number of fused-ring (bicyclic) bond motifs is 1. The summed E-state index contributed by atoms with van der Waals surface area (Å²) < 4.78 is 13.3. The quantitative estimate of drug-likeness (QED) is 0.866. The minimum atomic E-state index is -0.168. The molecule has 20 heavy (non-hydrogen) atoms. The second kappa shape index (κ2) is 5.37. The molecule has 2 aromatic carbocycles. The average molecular weight is 269 g/mol. The van der Waals surface area contributed by atoms with Gasteiger partial charge in [-0.15, -0.1) is 0 Å². The highest BCUT2D eigenvalue weighted by Crippen LogP contribution is 2.33. The number of halogens is 1. The molecule has 1 aliphatic rings. The van der Waals surface area contributed by atoms with Crippen molar-refractivity contribution in [1.29, 1.82) is 0 Å². The number of rotatable bonds is 3. The van der Waals surface area contributed by atoms with Crippen molar-refractivity contribution in [3.63, 3.8) is 0 Å². The molecule has 0 saturated carbocycles. The first-order valence-electron chi connectivity index (χ1n) is 7.24. The third-order valence-electron chi connectivity index (χ3n) is 4.18. The lowest BCUT2D eigenvalue weighted by Gasteiger charge is -2.21. The molecule has 0 heterocycles. The molecule has 2 aromatic rings. The molecule has 0 spiro atoms. The van der Waals surface area contributed by atoms with Gasteiger partial charge < -0.3 is 5.32 Å². The molecule has 0 bridgehead atoms. The monoisotopic (exact) mass is 269 g/mol. The number of nitrogens with one attached hydrogen (secondary N) is 1. The summed E-state index contributed by atoms with van der Waals surface area (Å²) >= 11 is 0. The van der Waals surface area contributed by atoms with Crippen molar-refractivity contribution < 1.29 is 4.39 Å². The van der Waals surface area contributed by atoms with E-state index in [-0.39, 0.29) is 11.9 Å². The van der Waals surface area contributed by atoms with Gasteiger partial charge in [0.2, 0.25) is 0 Å². The Balaban J connectivity index is 1.78. The maximum atomic E-state index is 13.3. The molecule has 0 aliphatic heterocycles. The molecule has 0 saturated heterocycles. The Hall–Kier alpha value is -1.67. The van der Waals surface area contributed by atoms with Crippen LogP contribution >= 0.6 is 0 Å². The lowest BCUT2D eigenvalue weighted by molar-refractivity contribution is 0.463. The third kappa shape index (κ3) is 2.61. The number of hydrogen-bond acceptors (Lipinski definition) is 1. The molecule has 3 rings (SSSR count). The first kappa shape index (κ1) is 13.3. The third-order valence-corrected chi connectivity index (χ3v) is 4.18. The van der Waals surface area contributed by atoms with E-state index in [1.165, 1.54) is 22.8 Å². The van der Waals surface area contributed by atoms with Crippen molar-refractivity contribution in [2.75, 3.05) is 0 Å². The lowest BCUT2D eigenvalue weighted by Crippen LogP contribution is -2.23. The van der Waals surface area contributed by atoms with E-state index in [0.717, 1.165) is 18.4 Å². The fourth-order valence-electron chi connectivity index (χ4n) is 3.07. The summed E-state index contributed by atoms with van der Waals surface area (Å²) in [4.78, 5) is 0. The Morgan fingerprint density at radius 2 is 2.05 bits per heavy atom. The summed E-state index contributed by atoms with van der Waals surface area (Å²) in [5.41, 5.74) is 5.16. The van der Waals surface area contributed by atoms with Crippen LogP contribution < -0.4 is 5.32 Å². The zero-order valence-corrected chi connectivity index (χ0v) is 12.0. The molecule has 0 fully saturated rings. The van der Waals surface area contributed by atoms with E-state index in [1.54, 1.807) is 12.1 Å². The summed E-state index contributed by atoms with van der Waals surface area (Å²) in [6.07, 6.45) is 2.25. The van der Waals surface area contributed by atoms with Gasteiger partial charge in [-0.25, -0.2) is 4.39 Å². The van der Waals surface area contributed by atoms with Gasteiger partial charge >= 0.3 is 0 Å². The molecule has 1 N–H and O–H groups in total. The van der Waals surface area contributed by atoms with E-state index in [0.29, 0.717) is 6.04 Å². The van der Waals surface area contributed by atoms with Gasteiger partial charge in [-0.1, -0.05) is 35.9 Å². The molecule has 0 aromatic heterocycles. The van der Waals surface area contributed by atoms with Crippen molar-refractivity contribution in [3.8, 4) is 0 Å². The Labute approximate surface area is 119 Å². The standard InChI is InChI=1S/C18H20FN/c1-12-6-7-14-8-9-18(17(14)10-12)20-13(2)15-4-3-5-16(19)11-15/h3-7,10-11,13,18,20H,8-9H2,1-2H3. The van der Waals surface area contributed by atoms with E-state index < -0.39 is 0 Å². The van der Waals surface area contributed by atoms with Gasteiger partial charge in [0.05, 0.1) is 0 Å². The second-order valence-electron chi connectivity index (χ2n) is 5.74. The topological polar surface area (TPSA) is 12.0 Å². The molecule has 2 atom stereocenters. The summed E-state index contributed by atoms with van der Waals surface area (Å²) in [6, 6.07) is 14.1. The van der Waals surface area contributed by atoms with Crippen LogP contribution in [0.4, 0.5) is 4.39 Å². The normalized spacial score (nSPS) is 18.9. The van der Waals surface area contributed by atoms with Crippen LogP contribution in [0.2, 0.25) is 0 Å². The molecule has 1 nitrogen and oxygen atoms in total. The van der Waals surface area contributed by atoms with Gasteiger partial charge in [-0.3, -0.25) is 0 Å². The van der Waals surface area contributed by atoms with Gasteiger partial charge in [-0.2, -0.15) is 0 Å². The van der Waals surface area contributed by atoms with E-state index in [4.69, 9.17) is 0 Å². The van der Waals surface area contributed by atoms with Gasteiger partial charge in [0.25, 0.3) is 0 Å². The summed E-state index contributed by atoms with van der Waals surface area (Å²) in [6.45, 7) is 4.23. The molecule has 0 radical (unpaired) electrons. The summed E-state index contributed by atoms with van der Waals surface area (Å²) in [5.74, 6) is -0.168. The summed E-state index contributed by atoms with van der Waals surface area (Å²) in [5, 5.41) is 3.64. The first-order valence-corrected chi connectivity index (χ1v) is 7.24. The van der Waals surface area contributed by atoms with Crippen molar-refractivity contribution in [3.05, 3.63) is 70.5 Å². The van der Waals surface area contributed by atoms with Gasteiger partial charge in [0.1, 0.15) is 5.82 Å². The fraction of sp³-hybridized carbons (Fsp3) is 0.333. The highest BCUT2D eigenvalue weighted by Gasteiger charge is 2.23. The number of aryl methyl sites for hydroxylation is 2. The largest absolute Gasteiger partial charge is 0.303 e. The van der Waals surface area contributed by atoms with Crippen LogP contribution in [0.3, 0.4) is 0 Å². The lowest BCUT2D eigenvalue weighted by atomic mass is 10.0. The van der Waals surface area contributed by atoms with Crippen LogP contribution in [0.15, 0.2) is 42.5 Å². The Kier molecular flexibility index (Phi) is 3.58. The van der Waals surface area contributed by atoms with Gasteiger partial charge in [0.15, 0.2) is 0 Å². The van der Waals surface area contributed by atoms with Crippen LogP contribution in [0.5, 0.6) is 0 Å². The Bertz CT molecular complexity index is 621. The van der Waals surface area contributed by atoms with Gasteiger partial charge in [-0.05, 0) is 55.5 Å². The molecule has 104 valence electrons. The number of benzene rings is 2. The van der Waals surface area contributed by atoms with E-state index >= 15 is 0 Å². The van der Waals surface area contributed by atoms with E-state index in [2.05, 4.69) is 37.4 Å². The SMILES string of the molecule is Cc1ccc2c(c1)C(NC(C)c1cccc(F)c1)CC2. The fourth-order valence-corrected chi connectivity index (χ4v) is 3.07. The summed E-state index contributed by atoms with van der Waals surface area (Å²) in [7, 11) is 0.